The van der Waals surface area contributed by atoms with Crippen LogP contribution in [0.5, 0.6) is 0 Å². The summed E-state index contributed by atoms with van der Waals surface area (Å²) >= 11 is 0. The number of carbonyl (C=O) groups is 1. The molecule has 0 radical (unpaired) electrons. The monoisotopic (exact) mass is 243 g/mol. The zero-order valence-electron chi connectivity index (χ0n) is 10.9. The number of hydrogen-bond acceptors (Lipinski definition) is 3. The Morgan fingerprint density at radius 3 is 2.78 bits per heavy atom. The lowest BCUT2D eigenvalue weighted by Crippen LogP contribution is -2.12. The average Bonchev–Trinajstić information content (AvgIpc) is 2.35. The maximum Gasteiger partial charge on any atom is 0.349 e. The third-order valence-corrected chi connectivity index (χ3v) is 2.35. The van der Waals surface area contributed by atoms with Crippen LogP contribution in [0.25, 0.3) is 6.08 Å². The van der Waals surface area contributed by atoms with Crippen molar-refractivity contribution in [2.45, 2.75) is 33.3 Å². The van der Waals surface area contributed by atoms with Crippen LogP contribution in [-0.2, 0) is 16.0 Å². The molecule has 0 saturated heterocycles. The van der Waals surface area contributed by atoms with Crippen molar-refractivity contribution in [1.82, 2.24) is 0 Å². The molecule has 3 heteroatoms. The minimum atomic E-state index is -0.575. The van der Waals surface area contributed by atoms with Gasteiger partial charge in [-0.1, -0.05) is 31.2 Å². The molecule has 1 aromatic rings. The molecule has 3 nitrogen and oxygen atoms in total. The van der Waals surface area contributed by atoms with Gasteiger partial charge in [0.15, 0.2) is 0 Å². The number of rotatable bonds is 4. The van der Waals surface area contributed by atoms with Gasteiger partial charge >= 0.3 is 5.97 Å². The number of ether oxygens (including phenoxy) is 1. The summed E-state index contributed by atoms with van der Waals surface area (Å²) < 4.78 is 5.00. The largest absolute Gasteiger partial charge is 0.459 e. The van der Waals surface area contributed by atoms with Crippen LogP contribution in [0.15, 0.2) is 29.8 Å². The van der Waals surface area contributed by atoms with Gasteiger partial charge in [0.2, 0.25) is 0 Å². The molecule has 1 rings (SSSR count). The van der Waals surface area contributed by atoms with Crippen molar-refractivity contribution in [3.8, 4) is 6.07 Å². The lowest BCUT2D eigenvalue weighted by atomic mass is 10.1. The SMILES string of the molecule is CCc1cccc(C=C(C#N)C(=O)OC(C)C)c1. The molecule has 0 aromatic heterocycles. The number of carbonyl (C=O) groups excluding carboxylic acids is 1. The van der Waals surface area contributed by atoms with Crippen LogP contribution in [0.2, 0.25) is 0 Å². The molecule has 0 spiro atoms. The van der Waals surface area contributed by atoms with Gasteiger partial charge < -0.3 is 4.74 Å². The van der Waals surface area contributed by atoms with Crippen molar-refractivity contribution in [2.24, 2.45) is 0 Å². The Balaban J connectivity index is 2.97. The second-order valence-corrected chi connectivity index (χ2v) is 4.22. The normalized spacial score (nSPS) is 11.2. The molecule has 0 saturated carbocycles. The van der Waals surface area contributed by atoms with Crippen LogP contribution in [0, 0.1) is 11.3 Å². The van der Waals surface area contributed by atoms with E-state index < -0.39 is 5.97 Å². The highest BCUT2D eigenvalue weighted by Gasteiger charge is 2.12. The summed E-state index contributed by atoms with van der Waals surface area (Å²) in [6, 6.07) is 9.62. The molecule has 0 atom stereocenters. The Hall–Kier alpha value is -2.08. The molecule has 0 fully saturated rings. The van der Waals surface area contributed by atoms with Crippen LogP contribution in [-0.4, -0.2) is 12.1 Å². The van der Waals surface area contributed by atoms with E-state index >= 15 is 0 Å². The Bertz CT molecular complexity index is 495. The summed E-state index contributed by atoms with van der Waals surface area (Å²) in [7, 11) is 0. The van der Waals surface area contributed by atoms with Gasteiger partial charge in [-0.15, -0.1) is 0 Å². The van der Waals surface area contributed by atoms with E-state index in [1.54, 1.807) is 19.9 Å². The van der Waals surface area contributed by atoms with E-state index in [0.717, 1.165) is 12.0 Å². The standard InChI is InChI=1S/C15H17NO2/c1-4-12-6-5-7-13(8-12)9-14(10-16)15(17)18-11(2)3/h5-9,11H,4H2,1-3H3. The zero-order chi connectivity index (χ0) is 13.5. The van der Waals surface area contributed by atoms with Crippen LogP contribution in [0.4, 0.5) is 0 Å². The third kappa shape index (κ3) is 4.06. The molecule has 0 unspecified atom stereocenters. The first-order chi connectivity index (χ1) is 8.56. The van der Waals surface area contributed by atoms with Crippen LogP contribution < -0.4 is 0 Å². The van der Waals surface area contributed by atoms with Crippen molar-refractivity contribution in [3.05, 3.63) is 41.0 Å². The van der Waals surface area contributed by atoms with Gasteiger partial charge in [-0.2, -0.15) is 5.26 Å². The highest BCUT2D eigenvalue weighted by Crippen LogP contribution is 2.11. The first-order valence-corrected chi connectivity index (χ1v) is 5.98. The first-order valence-electron chi connectivity index (χ1n) is 5.98. The fourth-order valence-corrected chi connectivity index (χ4v) is 1.48. The maximum absolute atomic E-state index is 11.6. The van der Waals surface area contributed by atoms with Crippen molar-refractivity contribution >= 4 is 12.0 Å². The van der Waals surface area contributed by atoms with Crippen LogP contribution in [0.1, 0.15) is 31.9 Å². The number of esters is 1. The van der Waals surface area contributed by atoms with E-state index in [-0.39, 0.29) is 11.7 Å². The molecule has 0 amide bonds. The first kappa shape index (κ1) is 14.0. The van der Waals surface area contributed by atoms with Gasteiger partial charge in [0, 0.05) is 0 Å². The van der Waals surface area contributed by atoms with Gasteiger partial charge in [0.05, 0.1) is 6.10 Å². The van der Waals surface area contributed by atoms with E-state index in [2.05, 4.69) is 6.92 Å². The van der Waals surface area contributed by atoms with Crippen LogP contribution in [0.3, 0.4) is 0 Å². The molecule has 0 aliphatic heterocycles. The van der Waals surface area contributed by atoms with E-state index in [9.17, 15) is 4.79 Å². The van der Waals surface area contributed by atoms with E-state index in [1.165, 1.54) is 5.56 Å². The topological polar surface area (TPSA) is 50.1 Å². The molecule has 94 valence electrons. The number of benzene rings is 1. The van der Waals surface area contributed by atoms with Crippen molar-refractivity contribution in [1.29, 1.82) is 5.26 Å². The quantitative estimate of drug-likeness (QED) is 0.464. The summed E-state index contributed by atoms with van der Waals surface area (Å²) in [5, 5.41) is 8.98. The van der Waals surface area contributed by atoms with Gasteiger partial charge in [-0.3, -0.25) is 0 Å². The second-order valence-electron chi connectivity index (χ2n) is 4.22. The summed E-state index contributed by atoms with van der Waals surface area (Å²) in [6.07, 6.45) is 2.25. The predicted octanol–water partition coefficient (Wildman–Crippen LogP) is 3.11. The molecule has 0 bridgehead atoms. The van der Waals surface area contributed by atoms with Crippen LogP contribution >= 0.6 is 0 Å². The van der Waals surface area contributed by atoms with Crippen molar-refractivity contribution in [2.75, 3.05) is 0 Å². The molecule has 0 heterocycles. The summed E-state index contributed by atoms with van der Waals surface area (Å²) in [4.78, 5) is 11.6. The van der Waals surface area contributed by atoms with Gasteiger partial charge in [-0.05, 0) is 37.5 Å². The molecule has 18 heavy (non-hydrogen) atoms. The minimum absolute atomic E-state index is 0.0250. The third-order valence-electron chi connectivity index (χ3n) is 2.35. The Labute approximate surface area is 108 Å². The highest BCUT2D eigenvalue weighted by atomic mass is 16.5. The highest BCUT2D eigenvalue weighted by molar-refractivity contribution is 5.97. The molecule has 0 aliphatic carbocycles. The van der Waals surface area contributed by atoms with Crippen molar-refractivity contribution in [3.63, 3.8) is 0 Å². The lowest BCUT2D eigenvalue weighted by molar-refractivity contribution is -0.142. The lowest BCUT2D eigenvalue weighted by Gasteiger charge is -2.06. The molecule has 0 aliphatic rings. The zero-order valence-corrected chi connectivity index (χ0v) is 10.9. The number of nitrogens with zero attached hydrogens (tertiary/aromatic N) is 1. The second kappa shape index (κ2) is 6.61. The Morgan fingerprint density at radius 2 is 2.22 bits per heavy atom. The number of nitriles is 1. The minimum Gasteiger partial charge on any atom is -0.459 e. The average molecular weight is 243 g/mol. The molecule has 0 N–H and O–H groups in total. The fourth-order valence-electron chi connectivity index (χ4n) is 1.48. The maximum atomic E-state index is 11.6. The van der Waals surface area contributed by atoms with E-state index in [0.29, 0.717) is 0 Å². The van der Waals surface area contributed by atoms with E-state index in [4.69, 9.17) is 10.00 Å². The summed E-state index contributed by atoms with van der Waals surface area (Å²) in [5.41, 5.74) is 2.03. The fraction of sp³-hybridized carbons (Fsp3) is 0.333. The van der Waals surface area contributed by atoms with E-state index in [1.807, 2.05) is 30.3 Å². The molecular formula is C15H17NO2. The van der Waals surface area contributed by atoms with Gasteiger partial charge in [0.25, 0.3) is 0 Å². The number of hydrogen-bond donors (Lipinski definition) is 0. The smallest absolute Gasteiger partial charge is 0.349 e. The molecule has 1 aromatic carbocycles. The predicted molar refractivity (Wildman–Crippen MR) is 70.6 cm³/mol. The Kier molecular flexibility index (Phi) is 5.13. The van der Waals surface area contributed by atoms with Crippen molar-refractivity contribution < 1.29 is 9.53 Å². The molecular weight excluding hydrogens is 226 g/mol. The van der Waals surface area contributed by atoms with Gasteiger partial charge in [-0.25, -0.2) is 4.79 Å². The Morgan fingerprint density at radius 1 is 1.50 bits per heavy atom. The summed E-state index contributed by atoms with van der Waals surface area (Å²) in [5.74, 6) is -0.575. The number of aryl methyl sites for hydroxylation is 1. The summed E-state index contributed by atoms with van der Waals surface area (Å²) in [6.45, 7) is 5.57. The van der Waals surface area contributed by atoms with Gasteiger partial charge in [0.1, 0.15) is 11.6 Å².